The number of esters is 1. The lowest BCUT2D eigenvalue weighted by Gasteiger charge is -2.07. The van der Waals surface area contributed by atoms with E-state index in [0.717, 1.165) is 27.7 Å². The topological polar surface area (TPSA) is 31.2 Å². The number of para-hydroxylation sites is 1. The second-order valence-corrected chi connectivity index (χ2v) is 6.02. The van der Waals surface area contributed by atoms with Crippen LogP contribution in [0.3, 0.4) is 0 Å². The Morgan fingerprint density at radius 1 is 1.04 bits per heavy atom. The lowest BCUT2D eigenvalue weighted by Crippen LogP contribution is -2.08. The van der Waals surface area contributed by atoms with Crippen LogP contribution in [-0.2, 0) is 16.6 Å². The van der Waals surface area contributed by atoms with E-state index in [9.17, 15) is 4.79 Å². The highest BCUT2D eigenvalue weighted by Gasteiger charge is 2.14. The Balaban J connectivity index is 2.15. The molecule has 1 aromatic heterocycles. The molecule has 3 aromatic rings. The zero-order valence-corrected chi connectivity index (χ0v) is 14.2. The van der Waals surface area contributed by atoms with Crippen LogP contribution in [0.4, 0.5) is 0 Å². The molecule has 0 aliphatic rings. The van der Waals surface area contributed by atoms with Gasteiger partial charge in [0.1, 0.15) is 0 Å². The van der Waals surface area contributed by atoms with Crippen molar-refractivity contribution in [1.82, 2.24) is 4.57 Å². The second-order valence-electron chi connectivity index (χ2n) is 6.02. The monoisotopic (exact) mass is 319 g/mol. The first-order valence-corrected chi connectivity index (χ1v) is 8.09. The maximum atomic E-state index is 11.9. The number of aromatic nitrogens is 1. The molecule has 0 aliphatic carbocycles. The van der Waals surface area contributed by atoms with Crippen molar-refractivity contribution in [2.75, 3.05) is 0 Å². The van der Waals surface area contributed by atoms with Gasteiger partial charge in [-0.25, -0.2) is 4.79 Å². The molecule has 0 radical (unpaired) electrons. The third-order valence-electron chi connectivity index (χ3n) is 3.93. The summed E-state index contributed by atoms with van der Waals surface area (Å²) in [6, 6.07) is 18.4. The fourth-order valence-corrected chi connectivity index (χ4v) is 2.96. The summed E-state index contributed by atoms with van der Waals surface area (Å²) in [6.07, 6.45) is 3.24. The summed E-state index contributed by atoms with van der Waals surface area (Å²) in [4.78, 5) is 11.9. The van der Waals surface area contributed by atoms with Crippen LogP contribution in [-0.4, -0.2) is 16.6 Å². The van der Waals surface area contributed by atoms with Crippen molar-refractivity contribution < 1.29 is 9.53 Å². The van der Waals surface area contributed by atoms with E-state index in [1.807, 2.05) is 50.3 Å². The molecule has 24 heavy (non-hydrogen) atoms. The number of aryl methyl sites for hydroxylation is 1. The molecule has 1 heterocycles. The first-order valence-electron chi connectivity index (χ1n) is 8.09. The van der Waals surface area contributed by atoms with E-state index in [4.69, 9.17) is 4.74 Å². The van der Waals surface area contributed by atoms with Crippen molar-refractivity contribution in [3.8, 4) is 11.3 Å². The molecule has 0 spiro atoms. The van der Waals surface area contributed by atoms with E-state index in [2.05, 4.69) is 35.9 Å². The number of rotatable bonds is 4. The lowest BCUT2D eigenvalue weighted by atomic mass is 10.0. The van der Waals surface area contributed by atoms with Gasteiger partial charge in [-0.05, 0) is 31.6 Å². The molecular weight excluding hydrogens is 298 g/mol. The Kier molecular flexibility index (Phi) is 4.52. The number of fused-ring (bicyclic) bond motifs is 1. The summed E-state index contributed by atoms with van der Waals surface area (Å²) in [5, 5.41) is 1.12. The minimum Gasteiger partial charge on any atom is -0.460 e. The number of hydrogen-bond donors (Lipinski definition) is 0. The van der Waals surface area contributed by atoms with Gasteiger partial charge in [0.05, 0.1) is 11.8 Å². The standard InChI is InChI=1S/C21H21NO2/c1-15(2)24-20(23)14-13-18-17-11-7-8-12-19(17)22(3)21(18)16-9-5-4-6-10-16/h4-15H,1-3H3/b14-13+. The van der Waals surface area contributed by atoms with Crippen molar-refractivity contribution in [1.29, 1.82) is 0 Å². The lowest BCUT2D eigenvalue weighted by molar-refractivity contribution is -0.141. The summed E-state index contributed by atoms with van der Waals surface area (Å²) >= 11 is 0. The van der Waals surface area contributed by atoms with Gasteiger partial charge >= 0.3 is 5.97 Å². The molecule has 0 N–H and O–H groups in total. The summed E-state index contributed by atoms with van der Waals surface area (Å²) in [5.74, 6) is -0.322. The van der Waals surface area contributed by atoms with Crippen molar-refractivity contribution in [3.05, 3.63) is 66.2 Å². The average molecular weight is 319 g/mol. The Morgan fingerprint density at radius 2 is 1.71 bits per heavy atom. The highest BCUT2D eigenvalue weighted by molar-refractivity contribution is 6.00. The molecule has 0 saturated heterocycles. The van der Waals surface area contributed by atoms with E-state index in [1.165, 1.54) is 6.08 Å². The number of nitrogens with zero attached hydrogens (tertiary/aromatic N) is 1. The third-order valence-corrected chi connectivity index (χ3v) is 3.93. The smallest absolute Gasteiger partial charge is 0.331 e. The fraction of sp³-hybridized carbons (Fsp3) is 0.190. The van der Waals surface area contributed by atoms with Gasteiger partial charge < -0.3 is 9.30 Å². The van der Waals surface area contributed by atoms with Gasteiger partial charge in [0.2, 0.25) is 0 Å². The van der Waals surface area contributed by atoms with Gasteiger partial charge in [0.15, 0.2) is 0 Å². The largest absolute Gasteiger partial charge is 0.460 e. The fourth-order valence-electron chi connectivity index (χ4n) is 2.96. The third kappa shape index (κ3) is 3.11. The summed E-state index contributed by atoms with van der Waals surface area (Å²) in [5.41, 5.74) is 4.37. The zero-order valence-electron chi connectivity index (χ0n) is 14.2. The van der Waals surface area contributed by atoms with Gasteiger partial charge in [-0.3, -0.25) is 0 Å². The van der Waals surface area contributed by atoms with Crippen molar-refractivity contribution >= 4 is 22.9 Å². The van der Waals surface area contributed by atoms with Gasteiger partial charge in [-0.1, -0.05) is 48.5 Å². The van der Waals surface area contributed by atoms with Crippen molar-refractivity contribution in [2.45, 2.75) is 20.0 Å². The molecule has 3 nitrogen and oxygen atoms in total. The Labute approximate surface area is 142 Å². The van der Waals surface area contributed by atoms with E-state index in [1.54, 1.807) is 0 Å². The van der Waals surface area contributed by atoms with Crippen molar-refractivity contribution in [2.24, 2.45) is 7.05 Å². The first-order chi connectivity index (χ1) is 11.6. The van der Waals surface area contributed by atoms with E-state index >= 15 is 0 Å². The summed E-state index contributed by atoms with van der Waals surface area (Å²) in [7, 11) is 2.05. The molecule has 0 bridgehead atoms. The first kappa shape index (κ1) is 16.1. The van der Waals surface area contributed by atoms with Crippen LogP contribution in [0.15, 0.2) is 60.7 Å². The Morgan fingerprint density at radius 3 is 2.42 bits per heavy atom. The molecule has 0 atom stereocenters. The quantitative estimate of drug-likeness (QED) is 0.510. The summed E-state index contributed by atoms with van der Waals surface area (Å²) < 4.78 is 7.37. The molecule has 0 unspecified atom stereocenters. The van der Waals surface area contributed by atoms with E-state index < -0.39 is 0 Å². The highest BCUT2D eigenvalue weighted by atomic mass is 16.5. The van der Waals surface area contributed by atoms with Gasteiger partial charge in [-0.15, -0.1) is 0 Å². The van der Waals surface area contributed by atoms with Gasteiger partial charge in [0, 0.05) is 29.6 Å². The highest BCUT2D eigenvalue weighted by Crippen LogP contribution is 2.33. The predicted molar refractivity (Wildman–Crippen MR) is 98.6 cm³/mol. The molecule has 0 amide bonds. The number of carbonyl (C=O) groups excluding carboxylic acids is 1. The number of hydrogen-bond acceptors (Lipinski definition) is 2. The van der Waals surface area contributed by atoms with E-state index in [0.29, 0.717) is 0 Å². The maximum Gasteiger partial charge on any atom is 0.331 e. The molecule has 0 saturated carbocycles. The second kappa shape index (κ2) is 6.75. The number of benzene rings is 2. The molecule has 0 aliphatic heterocycles. The summed E-state index contributed by atoms with van der Waals surface area (Å²) in [6.45, 7) is 3.69. The normalized spacial score (nSPS) is 11.5. The van der Waals surface area contributed by atoms with Crippen LogP contribution in [0.1, 0.15) is 19.4 Å². The molecule has 3 rings (SSSR count). The molecule has 122 valence electrons. The van der Waals surface area contributed by atoms with Crippen LogP contribution in [0, 0.1) is 0 Å². The zero-order chi connectivity index (χ0) is 17.1. The molecule has 3 heteroatoms. The minimum absolute atomic E-state index is 0.122. The molecular formula is C21H21NO2. The number of ether oxygens (including phenoxy) is 1. The Hall–Kier alpha value is -2.81. The van der Waals surface area contributed by atoms with Gasteiger partial charge in [0.25, 0.3) is 0 Å². The predicted octanol–water partition coefficient (Wildman–Crippen LogP) is 4.81. The van der Waals surface area contributed by atoms with Crippen LogP contribution in [0.2, 0.25) is 0 Å². The van der Waals surface area contributed by atoms with Crippen LogP contribution in [0.25, 0.3) is 28.2 Å². The molecule has 0 fully saturated rings. The van der Waals surface area contributed by atoms with Crippen LogP contribution >= 0.6 is 0 Å². The Bertz CT molecular complexity index is 889. The number of carbonyl (C=O) groups is 1. The van der Waals surface area contributed by atoms with Crippen LogP contribution in [0.5, 0.6) is 0 Å². The average Bonchev–Trinajstić information content (AvgIpc) is 2.86. The SMILES string of the molecule is CC(C)OC(=O)/C=C/c1c(-c2ccccc2)n(C)c2ccccc12. The van der Waals surface area contributed by atoms with Crippen LogP contribution < -0.4 is 0 Å². The van der Waals surface area contributed by atoms with E-state index in [-0.39, 0.29) is 12.1 Å². The van der Waals surface area contributed by atoms with Gasteiger partial charge in [-0.2, -0.15) is 0 Å². The maximum absolute atomic E-state index is 11.9. The van der Waals surface area contributed by atoms with Crippen molar-refractivity contribution in [3.63, 3.8) is 0 Å². The minimum atomic E-state index is -0.322. The molecule has 2 aromatic carbocycles.